The average Bonchev–Trinajstić information content (AvgIpc) is 2.51. The standard InChI is InChI=1S/C16H23NO5/c1-3-14(21-2)16(20)17-11-12-6-8-13(9-7-12)22-10-4-5-15(18)19/h6-9,14H,3-5,10-11H2,1-2H3,(H,17,20)(H,18,19). The molecule has 1 unspecified atom stereocenters. The second kappa shape index (κ2) is 9.78. The molecule has 2 N–H and O–H groups in total. The highest BCUT2D eigenvalue weighted by Gasteiger charge is 2.14. The molecule has 0 bridgehead atoms. The molecular formula is C16H23NO5. The summed E-state index contributed by atoms with van der Waals surface area (Å²) in [6, 6.07) is 7.33. The van der Waals surface area contributed by atoms with E-state index in [1.807, 2.05) is 19.1 Å². The molecule has 122 valence electrons. The molecule has 1 amide bonds. The molecule has 0 saturated heterocycles. The van der Waals surface area contributed by atoms with Crippen molar-refractivity contribution < 1.29 is 24.2 Å². The first-order chi connectivity index (χ1) is 10.6. The molecule has 1 rings (SSSR count). The van der Waals surface area contributed by atoms with E-state index in [0.29, 0.717) is 31.7 Å². The molecule has 6 nitrogen and oxygen atoms in total. The van der Waals surface area contributed by atoms with E-state index in [1.54, 1.807) is 12.1 Å². The first kappa shape index (κ1) is 18.0. The molecule has 6 heteroatoms. The lowest BCUT2D eigenvalue weighted by Gasteiger charge is -2.13. The van der Waals surface area contributed by atoms with Crippen LogP contribution in [0.3, 0.4) is 0 Å². The summed E-state index contributed by atoms with van der Waals surface area (Å²) in [6.45, 7) is 2.69. The number of methoxy groups -OCH3 is 1. The van der Waals surface area contributed by atoms with Crippen LogP contribution in [0.1, 0.15) is 31.7 Å². The van der Waals surface area contributed by atoms with Gasteiger partial charge in [0.1, 0.15) is 11.9 Å². The van der Waals surface area contributed by atoms with Crippen LogP contribution in [0.2, 0.25) is 0 Å². The van der Waals surface area contributed by atoms with Crippen molar-refractivity contribution in [2.45, 2.75) is 38.8 Å². The van der Waals surface area contributed by atoms with Crippen LogP contribution >= 0.6 is 0 Å². The minimum Gasteiger partial charge on any atom is -0.494 e. The Bertz CT molecular complexity index is 468. The first-order valence-electron chi connectivity index (χ1n) is 7.30. The third-order valence-electron chi connectivity index (χ3n) is 3.14. The third kappa shape index (κ3) is 6.58. The van der Waals surface area contributed by atoms with Gasteiger partial charge in [-0.05, 0) is 30.5 Å². The van der Waals surface area contributed by atoms with Crippen LogP contribution in [-0.2, 0) is 20.9 Å². The summed E-state index contributed by atoms with van der Waals surface area (Å²) in [4.78, 5) is 22.1. The van der Waals surface area contributed by atoms with Crippen molar-refractivity contribution in [3.8, 4) is 5.75 Å². The fraction of sp³-hybridized carbons (Fsp3) is 0.500. The number of benzene rings is 1. The minimum absolute atomic E-state index is 0.0994. The molecular weight excluding hydrogens is 286 g/mol. The largest absolute Gasteiger partial charge is 0.494 e. The highest BCUT2D eigenvalue weighted by molar-refractivity contribution is 5.80. The van der Waals surface area contributed by atoms with Gasteiger partial charge in [-0.15, -0.1) is 0 Å². The predicted molar refractivity (Wildman–Crippen MR) is 81.7 cm³/mol. The van der Waals surface area contributed by atoms with Crippen LogP contribution in [-0.4, -0.2) is 36.8 Å². The van der Waals surface area contributed by atoms with Crippen molar-refractivity contribution in [2.75, 3.05) is 13.7 Å². The summed E-state index contributed by atoms with van der Waals surface area (Å²) in [5.41, 5.74) is 0.956. The molecule has 1 atom stereocenters. The number of carbonyl (C=O) groups is 2. The number of carbonyl (C=O) groups excluding carboxylic acids is 1. The summed E-state index contributed by atoms with van der Waals surface area (Å²) in [5.74, 6) is -0.265. The third-order valence-corrected chi connectivity index (χ3v) is 3.14. The summed E-state index contributed by atoms with van der Waals surface area (Å²) >= 11 is 0. The number of carboxylic acids is 1. The number of rotatable bonds is 10. The van der Waals surface area contributed by atoms with E-state index in [9.17, 15) is 9.59 Å². The first-order valence-corrected chi connectivity index (χ1v) is 7.30. The van der Waals surface area contributed by atoms with E-state index in [4.69, 9.17) is 14.6 Å². The van der Waals surface area contributed by atoms with Gasteiger partial charge in [-0.25, -0.2) is 0 Å². The molecule has 0 aromatic heterocycles. The molecule has 0 saturated carbocycles. The Morgan fingerprint density at radius 1 is 1.27 bits per heavy atom. The van der Waals surface area contributed by atoms with Gasteiger partial charge >= 0.3 is 5.97 Å². The lowest BCUT2D eigenvalue weighted by atomic mass is 10.2. The van der Waals surface area contributed by atoms with Crippen molar-refractivity contribution in [1.29, 1.82) is 0 Å². The summed E-state index contributed by atoms with van der Waals surface area (Å²) in [6.07, 6.45) is 0.785. The Hall–Kier alpha value is -2.08. The Kier molecular flexibility index (Phi) is 7.99. The van der Waals surface area contributed by atoms with Crippen molar-refractivity contribution >= 4 is 11.9 Å². The van der Waals surface area contributed by atoms with Crippen molar-refractivity contribution in [2.24, 2.45) is 0 Å². The number of hydrogen-bond donors (Lipinski definition) is 2. The number of hydrogen-bond acceptors (Lipinski definition) is 4. The van der Waals surface area contributed by atoms with Gasteiger partial charge < -0.3 is 19.9 Å². The summed E-state index contributed by atoms with van der Waals surface area (Å²) in [5, 5.41) is 11.3. The van der Waals surface area contributed by atoms with Crippen LogP contribution in [0.4, 0.5) is 0 Å². The van der Waals surface area contributed by atoms with Gasteiger partial charge in [0.15, 0.2) is 0 Å². The van der Waals surface area contributed by atoms with Crippen molar-refractivity contribution in [1.82, 2.24) is 5.32 Å². The quantitative estimate of drug-likeness (QED) is 0.645. The minimum atomic E-state index is -0.823. The van der Waals surface area contributed by atoms with E-state index in [1.165, 1.54) is 7.11 Å². The zero-order valence-electron chi connectivity index (χ0n) is 13.0. The zero-order chi connectivity index (χ0) is 16.4. The number of amides is 1. The highest BCUT2D eigenvalue weighted by atomic mass is 16.5. The lowest BCUT2D eigenvalue weighted by molar-refractivity contribution is -0.137. The van der Waals surface area contributed by atoms with E-state index >= 15 is 0 Å². The number of nitrogens with one attached hydrogen (secondary N) is 1. The maximum absolute atomic E-state index is 11.8. The zero-order valence-corrected chi connectivity index (χ0v) is 13.0. The Balaban J connectivity index is 2.35. The second-order valence-corrected chi connectivity index (χ2v) is 4.84. The monoisotopic (exact) mass is 309 g/mol. The SMILES string of the molecule is CCC(OC)C(=O)NCc1ccc(OCCCC(=O)O)cc1. The molecule has 0 aliphatic heterocycles. The van der Waals surface area contributed by atoms with Gasteiger partial charge in [0, 0.05) is 20.1 Å². The average molecular weight is 309 g/mol. The van der Waals surface area contributed by atoms with E-state index < -0.39 is 12.1 Å². The highest BCUT2D eigenvalue weighted by Crippen LogP contribution is 2.12. The van der Waals surface area contributed by atoms with Crippen LogP contribution in [0.25, 0.3) is 0 Å². The van der Waals surface area contributed by atoms with Gasteiger partial charge in [0.05, 0.1) is 6.61 Å². The Labute approximate surface area is 130 Å². The second-order valence-electron chi connectivity index (χ2n) is 4.84. The number of carboxylic acid groups (broad SMARTS) is 1. The molecule has 0 radical (unpaired) electrons. The Morgan fingerprint density at radius 3 is 2.50 bits per heavy atom. The molecule has 0 aliphatic rings. The van der Waals surface area contributed by atoms with Crippen LogP contribution in [0, 0.1) is 0 Å². The normalized spacial score (nSPS) is 11.7. The molecule has 0 fully saturated rings. The molecule has 1 aromatic rings. The number of ether oxygens (including phenoxy) is 2. The molecule has 22 heavy (non-hydrogen) atoms. The summed E-state index contributed by atoms with van der Waals surface area (Å²) < 4.78 is 10.5. The fourth-order valence-corrected chi connectivity index (χ4v) is 1.88. The van der Waals surface area contributed by atoms with Crippen LogP contribution < -0.4 is 10.1 Å². The van der Waals surface area contributed by atoms with E-state index in [2.05, 4.69) is 5.32 Å². The van der Waals surface area contributed by atoms with E-state index in [0.717, 1.165) is 5.56 Å². The van der Waals surface area contributed by atoms with Crippen LogP contribution in [0.15, 0.2) is 24.3 Å². The summed E-state index contributed by atoms with van der Waals surface area (Å²) in [7, 11) is 1.52. The molecule has 0 aliphatic carbocycles. The topological polar surface area (TPSA) is 84.9 Å². The fourth-order valence-electron chi connectivity index (χ4n) is 1.88. The predicted octanol–water partition coefficient (Wildman–Crippen LogP) is 1.97. The van der Waals surface area contributed by atoms with Gasteiger partial charge in [-0.3, -0.25) is 9.59 Å². The van der Waals surface area contributed by atoms with E-state index in [-0.39, 0.29) is 12.3 Å². The van der Waals surface area contributed by atoms with Gasteiger partial charge in [-0.2, -0.15) is 0 Å². The van der Waals surface area contributed by atoms with Gasteiger partial charge in [0.25, 0.3) is 0 Å². The van der Waals surface area contributed by atoms with Crippen molar-refractivity contribution in [3.05, 3.63) is 29.8 Å². The maximum Gasteiger partial charge on any atom is 0.303 e. The Morgan fingerprint density at radius 2 is 1.95 bits per heavy atom. The molecule has 0 heterocycles. The smallest absolute Gasteiger partial charge is 0.303 e. The molecule has 0 spiro atoms. The van der Waals surface area contributed by atoms with Crippen LogP contribution in [0.5, 0.6) is 5.75 Å². The van der Waals surface area contributed by atoms with Gasteiger partial charge in [-0.1, -0.05) is 19.1 Å². The molecule has 1 aromatic carbocycles. The maximum atomic E-state index is 11.8. The lowest BCUT2D eigenvalue weighted by Crippen LogP contribution is -2.34. The number of aliphatic carboxylic acids is 1. The van der Waals surface area contributed by atoms with Crippen molar-refractivity contribution in [3.63, 3.8) is 0 Å². The van der Waals surface area contributed by atoms with Gasteiger partial charge in [0.2, 0.25) is 5.91 Å².